The van der Waals surface area contributed by atoms with E-state index in [1.54, 1.807) is 78.2 Å². The summed E-state index contributed by atoms with van der Waals surface area (Å²) in [5.41, 5.74) is 30.2. The Morgan fingerprint density at radius 3 is 1.19 bits per heavy atom. The van der Waals surface area contributed by atoms with Gasteiger partial charge >= 0.3 is 18.4 Å². The number of hydrogen-bond donors (Lipinski definition) is 10. The zero-order chi connectivity index (χ0) is 81.6. The number of non-ortho nitro benzene ring substituents is 2. The Bertz CT molecular complexity index is 4840. The van der Waals surface area contributed by atoms with Gasteiger partial charge in [0.15, 0.2) is 0 Å². The molecule has 3 unspecified atom stereocenters. The van der Waals surface area contributed by atoms with E-state index in [1.165, 1.54) is 103 Å². The average Bonchev–Trinajstić information content (AvgIpc) is 1.76. The largest absolute Gasteiger partial charge is 0.519 e. The van der Waals surface area contributed by atoms with Crippen LogP contribution < -0.4 is 27.8 Å². The number of piperidine rings is 3. The Labute approximate surface area is 659 Å². The van der Waals surface area contributed by atoms with Gasteiger partial charge in [-0.2, -0.15) is 0 Å². The summed E-state index contributed by atoms with van der Waals surface area (Å²) in [4.78, 5) is 84.6. The number of nitro benzene ring substituents is 2. The first-order valence-electron chi connectivity index (χ1n) is 38.7. The molecule has 3 fully saturated rings. The Morgan fingerprint density at radius 2 is 0.832 bits per heavy atom. The number of carbonyl (C=O) groups is 3. The first kappa shape index (κ1) is 85.2. The van der Waals surface area contributed by atoms with Gasteiger partial charge in [-0.3, -0.25) is 35.1 Å². The molecule has 12 aromatic rings. The number of H-pyrrole nitrogens is 5. The second kappa shape index (κ2) is 39.4. The van der Waals surface area contributed by atoms with Gasteiger partial charge in [0.1, 0.15) is 16.8 Å². The van der Waals surface area contributed by atoms with Crippen LogP contribution in [0.15, 0.2) is 170 Å². The number of nitrogens with zero attached hydrogens (tertiary/aromatic N) is 6. The summed E-state index contributed by atoms with van der Waals surface area (Å²) in [5.74, 6) is 0. The van der Waals surface area contributed by atoms with Crippen molar-refractivity contribution in [2.45, 2.75) is 176 Å². The number of nitrogens with one attached hydrogen (secondary N) is 7. The van der Waals surface area contributed by atoms with Gasteiger partial charge in [0, 0.05) is 144 Å². The number of aromatic nitrogens is 7. The highest BCUT2D eigenvalue weighted by molar-refractivity contribution is 5.89. The van der Waals surface area contributed by atoms with E-state index in [0.717, 1.165) is 117 Å². The van der Waals surface area contributed by atoms with Crippen LogP contribution in [0.1, 0.15) is 176 Å². The number of pyridine rings is 2. The monoisotopic (exact) mass is 1540 g/mol. The van der Waals surface area contributed by atoms with Crippen LogP contribution in [0.4, 0.5) is 42.8 Å². The Morgan fingerprint density at radius 1 is 0.460 bits per heavy atom. The van der Waals surface area contributed by atoms with Crippen molar-refractivity contribution in [2.75, 3.05) is 56.5 Å². The SMILES string of the molecule is CC(C)(C)OC(=O)N1CCCCC1c1cc2cc(N)ccc2[nH]1.CC(C)(C)OC(=O)OC(=O)OC(C)(C)C.CCN(CC)CC.Nc1ccc2[nH]c(C3CCCCN3)cc2c1.Nc1ccc2[nH]c(C3CCCCN3)cc2c1.O=[N+]([O-])c1ccc2[nH]c(-c3ccccn3)cc2c1.O=[N+]([O-])c1ccc2[nH]c(-c3ccccn3)cc2c1. The number of benzene rings is 5. The minimum absolute atomic E-state index is 0.0345. The van der Waals surface area contributed by atoms with Gasteiger partial charge < -0.3 is 76.6 Å². The molecule has 113 heavy (non-hydrogen) atoms. The fourth-order valence-corrected chi connectivity index (χ4v) is 13.2. The maximum atomic E-state index is 12.5. The molecule has 3 aliphatic heterocycles. The molecule has 1 amide bonds. The molecule has 27 heteroatoms. The number of carbonyl (C=O) groups excluding carboxylic acids is 3. The predicted molar refractivity (Wildman–Crippen MR) is 450 cm³/mol. The van der Waals surface area contributed by atoms with Gasteiger partial charge in [-0.15, -0.1) is 0 Å². The summed E-state index contributed by atoms with van der Waals surface area (Å²) in [5, 5.41) is 33.6. The zero-order valence-corrected chi connectivity index (χ0v) is 66.9. The van der Waals surface area contributed by atoms with Gasteiger partial charge in [-0.25, -0.2) is 14.4 Å². The fourth-order valence-electron chi connectivity index (χ4n) is 13.2. The highest BCUT2D eigenvalue weighted by atomic mass is 16.8. The van der Waals surface area contributed by atoms with Crippen LogP contribution in [-0.4, -0.2) is 129 Å². The second-order valence-electron chi connectivity index (χ2n) is 30.9. The van der Waals surface area contributed by atoms with Crippen LogP contribution in [0.3, 0.4) is 0 Å². The highest BCUT2D eigenvalue weighted by Gasteiger charge is 2.33. The zero-order valence-electron chi connectivity index (χ0n) is 66.9. The molecule has 15 rings (SSSR count). The second-order valence-corrected chi connectivity index (χ2v) is 30.9. The average molecular weight is 1540 g/mol. The van der Waals surface area contributed by atoms with Crippen molar-refractivity contribution < 1.29 is 43.2 Å². The first-order chi connectivity index (χ1) is 53.8. The third-order valence-electron chi connectivity index (χ3n) is 18.7. The predicted octanol–water partition coefficient (Wildman–Crippen LogP) is 19.8. The minimum Gasteiger partial charge on any atom is -0.444 e. The molecule has 5 aromatic carbocycles. The highest BCUT2D eigenvalue weighted by Crippen LogP contribution is 2.36. The number of ether oxygens (including phenoxy) is 4. The Balaban J connectivity index is 0.000000154. The van der Waals surface area contributed by atoms with Gasteiger partial charge in [-0.1, -0.05) is 45.7 Å². The lowest BCUT2D eigenvalue weighted by atomic mass is 10.00. The van der Waals surface area contributed by atoms with E-state index in [4.69, 9.17) is 31.4 Å². The lowest BCUT2D eigenvalue weighted by Gasteiger charge is -2.36. The topological polar surface area (TPSA) is 388 Å². The summed E-state index contributed by atoms with van der Waals surface area (Å²) >= 11 is 0. The normalized spacial score (nSPS) is 15.5. The van der Waals surface area contributed by atoms with Crippen molar-refractivity contribution in [1.82, 2.24) is 55.3 Å². The van der Waals surface area contributed by atoms with Crippen LogP contribution in [0, 0.1) is 20.2 Å². The molecule has 10 heterocycles. The molecular formula is C86H110N16O11. The summed E-state index contributed by atoms with van der Waals surface area (Å²) in [6.45, 7) is 28.8. The van der Waals surface area contributed by atoms with Crippen LogP contribution in [0.2, 0.25) is 0 Å². The van der Waals surface area contributed by atoms with Crippen LogP contribution in [0.25, 0.3) is 77.3 Å². The number of likely N-dealkylation sites (tertiary alicyclic amines) is 1. The summed E-state index contributed by atoms with van der Waals surface area (Å²) in [6.07, 6.45) is 11.8. The number of nitrogens with two attached hydrogens (primary N) is 3. The Hall–Kier alpha value is -11.8. The molecule has 13 N–H and O–H groups in total. The molecular weight excluding hydrogens is 1430 g/mol. The van der Waals surface area contributed by atoms with Crippen molar-refractivity contribution in [1.29, 1.82) is 0 Å². The molecule has 27 nitrogen and oxygen atoms in total. The maximum Gasteiger partial charge on any atom is 0.519 e. The number of rotatable bonds is 10. The number of nitrogen functional groups attached to an aromatic ring is 3. The third kappa shape index (κ3) is 25.9. The minimum atomic E-state index is -1.06. The Kier molecular flexibility index (Phi) is 29.7. The maximum absolute atomic E-state index is 12.5. The van der Waals surface area contributed by atoms with Crippen molar-refractivity contribution in [2.24, 2.45) is 0 Å². The lowest BCUT2D eigenvalue weighted by molar-refractivity contribution is -0.384. The number of fused-ring (bicyclic) bond motifs is 5. The van der Waals surface area contributed by atoms with Gasteiger partial charge in [0.05, 0.1) is 38.7 Å². The van der Waals surface area contributed by atoms with Crippen molar-refractivity contribution >= 4 is 101 Å². The van der Waals surface area contributed by atoms with Crippen LogP contribution in [-0.2, 0) is 18.9 Å². The lowest BCUT2D eigenvalue weighted by Crippen LogP contribution is -2.42. The molecule has 7 aromatic heterocycles. The number of amides is 1. The van der Waals surface area contributed by atoms with E-state index in [2.05, 4.69) is 106 Å². The fraction of sp³-hybridized carbons (Fsp3) is 0.384. The standard InChI is InChI=1S/C18H25N3O2.2C13H9N3O2.2C13H17N3.C10H18O5.C6H15N/c1-18(2,3)23-17(22)21-9-5-4-6-16(21)15-11-12-10-13(19)7-8-14(12)20-15;2*17-16(18)10-4-5-11-9(7-10)8-13(15-11)12-3-1-2-6-14-12;2*14-10-4-5-11-9(7-10)8-13(16-11)12-3-1-2-6-15-12;1-9(2,3)14-7(11)13-8(12)15-10(4,5)6;1-4-7(5-2)6-3/h7-8,10-11,16,20H,4-6,9,19H2,1-3H3;2*1-8,15H;2*4-5,7-8,12,15-16H,1-3,6,14H2;1-6H3;4-6H2,1-3H3. The number of hydrogen-bond acceptors (Lipinski definition) is 19. The van der Waals surface area contributed by atoms with E-state index in [9.17, 15) is 34.6 Å². The van der Waals surface area contributed by atoms with Gasteiger partial charge in [0.25, 0.3) is 11.4 Å². The van der Waals surface area contributed by atoms with Gasteiger partial charge in [0.2, 0.25) is 0 Å². The molecule has 0 aliphatic carbocycles. The van der Waals surface area contributed by atoms with Crippen molar-refractivity contribution in [3.8, 4) is 22.8 Å². The first-order valence-corrected chi connectivity index (χ1v) is 38.7. The summed E-state index contributed by atoms with van der Waals surface area (Å²) < 4.78 is 19.4. The molecule has 0 bridgehead atoms. The summed E-state index contributed by atoms with van der Waals surface area (Å²) in [7, 11) is 0. The number of nitro groups is 2. The number of aromatic amines is 5. The van der Waals surface area contributed by atoms with Gasteiger partial charge in [-0.05, 0) is 261 Å². The quantitative estimate of drug-likeness (QED) is 0.0152. The molecule has 0 saturated carbocycles. The van der Waals surface area contributed by atoms with E-state index in [0.29, 0.717) is 12.1 Å². The molecule has 3 aliphatic rings. The molecule has 0 spiro atoms. The van der Waals surface area contributed by atoms with Crippen molar-refractivity contribution in [3.63, 3.8) is 0 Å². The summed E-state index contributed by atoms with van der Waals surface area (Å²) in [6, 6.07) is 49.9. The molecule has 0 radical (unpaired) electrons. The van der Waals surface area contributed by atoms with E-state index >= 15 is 0 Å². The van der Waals surface area contributed by atoms with E-state index in [1.807, 2.05) is 117 Å². The van der Waals surface area contributed by atoms with Crippen molar-refractivity contribution in [3.05, 3.63) is 207 Å². The third-order valence-corrected chi connectivity index (χ3v) is 18.7. The molecule has 3 atom stereocenters. The van der Waals surface area contributed by atoms with E-state index in [-0.39, 0.29) is 23.5 Å². The van der Waals surface area contributed by atoms with Crippen LogP contribution in [0.5, 0.6) is 0 Å². The smallest absolute Gasteiger partial charge is 0.444 e. The molecule has 3 saturated heterocycles. The van der Waals surface area contributed by atoms with Crippen LogP contribution >= 0.6 is 0 Å². The number of anilines is 3. The molecule has 600 valence electrons. The van der Waals surface area contributed by atoms with E-state index < -0.39 is 39.0 Å².